The van der Waals surface area contributed by atoms with E-state index >= 15 is 0 Å². The Balaban J connectivity index is 0.00000180. The third-order valence-electron chi connectivity index (χ3n) is 2.72. The van der Waals surface area contributed by atoms with Gasteiger partial charge in [-0.25, -0.2) is 0 Å². The van der Waals surface area contributed by atoms with Crippen LogP contribution in [0.2, 0.25) is 0 Å². The first-order valence-electron chi connectivity index (χ1n) is 5.51. The summed E-state index contributed by atoms with van der Waals surface area (Å²) in [5, 5.41) is 5.78. The summed E-state index contributed by atoms with van der Waals surface area (Å²) >= 11 is 0. The first-order valence-corrected chi connectivity index (χ1v) is 5.51. The number of amides is 1. The summed E-state index contributed by atoms with van der Waals surface area (Å²) in [4.78, 5) is 15.2. The third-order valence-corrected chi connectivity index (χ3v) is 2.72. The van der Waals surface area contributed by atoms with Crippen molar-refractivity contribution >= 4 is 30.7 Å². The fourth-order valence-electron chi connectivity index (χ4n) is 1.73. The second-order valence-corrected chi connectivity index (χ2v) is 4.09. The lowest BCUT2D eigenvalue weighted by molar-refractivity contribution is -0.137. The number of hydrogen-bond donors (Lipinski definition) is 2. The van der Waals surface area contributed by atoms with Gasteiger partial charge in [-0.2, -0.15) is 13.2 Å². The van der Waals surface area contributed by atoms with Gasteiger partial charge in [-0.15, -0.1) is 24.8 Å². The Labute approximate surface area is 126 Å². The number of halogens is 5. The van der Waals surface area contributed by atoms with Crippen LogP contribution < -0.4 is 10.6 Å². The highest BCUT2D eigenvalue weighted by molar-refractivity contribution is 5.92. The largest absolute Gasteiger partial charge is 0.417 e. The maximum atomic E-state index is 12.3. The number of carbonyl (C=O) groups excluding carboxylic acids is 1. The topological polar surface area (TPSA) is 54.0 Å². The Hall–Kier alpha value is -1.05. The molecule has 1 aliphatic heterocycles. The highest BCUT2D eigenvalue weighted by atomic mass is 35.5. The summed E-state index contributed by atoms with van der Waals surface area (Å²) in [5.74, 6) is -0.447. The molecule has 0 spiro atoms. The van der Waals surface area contributed by atoms with Crippen LogP contribution in [0.15, 0.2) is 18.3 Å². The number of carbonyl (C=O) groups is 1. The molecule has 114 valence electrons. The van der Waals surface area contributed by atoms with E-state index in [-0.39, 0.29) is 36.5 Å². The zero-order valence-corrected chi connectivity index (χ0v) is 11.9. The molecule has 2 N–H and O–H groups in total. The van der Waals surface area contributed by atoms with Gasteiger partial charge in [0.2, 0.25) is 0 Å². The Bertz CT molecular complexity index is 434. The molecule has 1 aromatic rings. The molecule has 0 saturated carbocycles. The fraction of sp³-hybridized carbons (Fsp3) is 0.455. The number of rotatable bonds is 2. The van der Waals surface area contributed by atoms with Crippen LogP contribution in [0.25, 0.3) is 0 Å². The summed E-state index contributed by atoms with van der Waals surface area (Å²) < 4.78 is 36.9. The normalized spacial score (nSPS) is 17.9. The fourth-order valence-corrected chi connectivity index (χ4v) is 1.73. The highest BCUT2D eigenvalue weighted by Crippen LogP contribution is 2.28. The van der Waals surface area contributed by atoms with Crippen LogP contribution in [0.4, 0.5) is 13.2 Å². The van der Waals surface area contributed by atoms with Gasteiger partial charge in [0.05, 0.1) is 5.56 Å². The van der Waals surface area contributed by atoms with Crippen LogP contribution in [-0.2, 0) is 6.18 Å². The van der Waals surface area contributed by atoms with Gasteiger partial charge < -0.3 is 10.6 Å². The summed E-state index contributed by atoms with van der Waals surface area (Å²) in [6.07, 6.45) is -2.95. The number of aromatic nitrogens is 1. The lowest BCUT2D eigenvalue weighted by Gasteiger charge is -2.11. The molecule has 1 aromatic heterocycles. The van der Waals surface area contributed by atoms with E-state index in [1.165, 1.54) is 0 Å². The number of nitrogens with zero attached hydrogens (tertiary/aromatic N) is 1. The van der Waals surface area contributed by atoms with E-state index in [1.54, 1.807) is 0 Å². The Kier molecular flexibility index (Phi) is 7.26. The molecule has 0 radical (unpaired) electrons. The Morgan fingerprint density at radius 3 is 2.50 bits per heavy atom. The number of pyridine rings is 1. The molecule has 0 bridgehead atoms. The Morgan fingerprint density at radius 1 is 1.35 bits per heavy atom. The molecule has 4 nitrogen and oxygen atoms in total. The predicted octanol–water partition coefficient (Wildman–Crippen LogP) is 2.04. The van der Waals surface area contributed by atoms with Gasteiger partial charge in [0.15, 0.2) is 0 Å². The molecular formula is C11H14Cl2F3N3O. The van der Waals surface area contributed by atoms with E-state index in [0.717, 1.165) is 25.1 Å². The first-order chi connectivity index (χ1) is 8.47. The highest BCUT2D eigenvalue weighted by Gasteiger charge is 2.31. The predicted molar refractivity (Wildman–Crippen MR) is 72.5 cm³/mol. The molecule has 1 aliphatic rings. The van der Waals surface area contributed by atoms with Crippen molar-refractivity contribution in [3.05, 3.63) is 29.6 Å². The van der Waals surface area contributed by atoms with Gasteiger partial charge in [-0.05, 0) is 25.1 Å². The summed E-state index contributed by atoms with van der Waals surface area (Å²) in [7, 11) is 0. The number of hydrogen-bond acceptors (Lipinski definition) is 3. The van der Waals surface area contributed by atoms with E-state index in [2.05, 4.69) is 15.6 Å². The molecule has 9 heteroatoms. The monoisotopic (exact) mass is 331 g/mol. The van der Waals surface area contributed by atoms with Gasteiger partial charge in [0.25, 0.3) is 5.91 Å². The minimum atomic E-state index is -4.43. The lowest BCUT2D eigenvalue weighted by atomic mass is 10.2. The van der Waals surface area contributed by atoms with Crippen LogP contribution in [0.5, 0.6) is 0 Å². The van der Waals surface area contributed by atoms with E-state index in [4.69, 9.17) is 0 Å². The van der Waals surface area contributed by atoms with Crippen molar-refractivity contribution in [1.29, 1.82) is 0 Å². The average Bonchev–Trinajstić information content (AvgIpc) is 2.81. The molecule has 1 unspecified atom stereocenters. The average molecular weight is 332 g/mol. The van der Waals surface area contributed by atoms with Gasteiger partial charge in [0.1, 0.15) is 5.69 Å². The van der Waals surface area contributed by atoms with Crippen molar-refractivity contribution in [3.63, 3.8) is 0 Å². The second-order valence-electron chi connectivity index (χ2n) is 4.09. The molecule has 2 heterocycles. The van der Waals surface area contributed by atoms with Gasteiger partial charge >= 0.3 is 6.18 Å². The number of alkyl halides is 3. The zero-order valence-electron chi connectivity index (χ0n) is 10.2. The van der Waals surface area contributed by atoms with Gasteiger partial charge in [-0.1, -0.05) is 0 Å². The van der Waals surface area contributed by atoms with Crippen molar-refractivity contribution in [2.45, 2.75) is 18.6 Å². The van der Waals surface area contributed by atoms with Crippen molar-refractivity contribution < 1.29 is 18.0 Å². The quantitative estimate of drug-likeness (QED) is 0.871. The summed E-state index contributed by atoms with van der Waals surface area (Å²) in [6.45, 7) is 1.50. The second kappa shape index (κ2) is 7.66. The van der Waals surface area contributed by atoms with Crippen molar-refractivity contribution in [2.24, 2.45) is 0 Å². The molecular weight excluding hydrogens is 318 g/mol. The summed E-state index contributed by atoms with van der Waals surface area (Å²) in [5.41, 5.74) is -0.864. The summed E-state index contributed by atoms with van der Waals surface area (Å²) in [6, 6.07) is 1.96. The van der Waals surface area contributed by atoms with E-state index in [1.807, 2.05) is 0 Å². The van der Waals surface area contributed by atoms with Crippen molar-refractivity contribution in [1.82, 2.24) is 15.6 Å². The zero-order chi connectivity index (χ0) is 13.2. The van der Waals surface area contributed by atoms with Gasteiger partial charge in [-0.3, -0.25) is 9.78 Å². The minimum absolute atomic E-state index is 0. The van der Waals surface area contributed by atoms with Crippen molar-refractivity contribution in [3.8, 4) is 0 Å². The molecule has 1 saturated heterocycles. The van der Waals surface area contributed by atoms with Crippen LogP contribution in [-0.4, -0.2) is 30.0 Å². The molecule has 20 heavy (non-hydrogen) atoms. The van der Waals surface area contributed by atoms with E-state index in [9.17, 15) is 18.0 Å². The smallest absolute Gasteiger partial charge is 0.347 e. The van der Waals surface area contributed by atoms with E-state index in [0.29, 0.717) is 12.7 Å². The van der Waals surface area contributed by atoms with Crippen molar-refractivity contribution in [2.75, 3.05) is 13.1 Å². The van der Waals surface area contributed by atoms with Crippen LogP contribution in [0, 0.1) is 0 Å². The van der Waals surface area contributed by atoms with Crippen LogP contribution >= 0.6 is 24.8 Å². The molecule has 0 aliphatic carbocycles. The molecule has 0 aromatic carbocycles. The maximum absolute atomic E-state index is 12.3. The van der Waals surface area contributed by atoms with Crippen LogP contribution in [0.3, 0.4) is 0 Å². The Morgan fingerprint density at radius 2 is 2.05 bits per heavy atom. The SMILES string of the molecule is Cl.Cl.O=C(NC1CCNC1)c1ccc(C(F)(F)F)cn1. The number of nitrogens with one attached hydrogen (secondary N) is 2. The minimum Gasteiger partial charge on any atom is -0.347 e. The van der Waals surface area contributed by atoms with E-state index < -0.39 is 17.6 Å². The molecule has 1 atom stereocenters. The van der Waals surface area contributed by atoms with Crippen LogP contribution in [0.1, 0.15) is 22.5 Å². The van der Waals surface area contributed by atoms with Gasteiger partial charge in [0, 0.05) is 18.8 Å². The molecule has 1 fully saturated rings. The molecule has 2 rings (SSSR count). The third kappa shape index (κ3) is 4.81. The lowest BCUT2D eigenvalue weighted by Crippen LogP contribution is -2.36. The molecule has 1 amide bonds. The first kappa shape index (κ1) is 18.9. The maximum Gasteiger partial charge on any atom is 0.417 e. The standard InChI is InChI=1S/C11H12F3N3O.2ClH/c12-11(13,14)7-1-2-9(16-5-7)10(18)17-8-3-4-15-6-8;;/h1-2,5,8,15H,3-4,6H2,(H,17,18);2*1H.